The first-order valence-electron chi connectivity index (χ1n) is 13.8. The van der Waals surface area contributed by atoms with E-state index in [4.69, 9.17) is 5.11 Å². The number of fused-ring (bicyclic) bond motifs is 1. The van der Waals surface area contributed by atoms with Gasteiger partial charge >= 0.3 is 6.61 Å². The molecule has 3 rings (SSSR count). The van der Waals surface area contributed by atoms with Gasteiger partial charge in [0.2, 0.25) is 5.95 Å². The summed E-state index contributed by atoms with van der Waals surface area (Å²) in [4.78, 5) is 45.7. The molecule has 2 unspecified atom stereocenters. The number of benzene rings is 1. The van der Waals surface area contributed by atoms with Crippen molar-refractivity contribution >= 4 is 24.0 Å². The summed E-state index contributed by atoms with van der Waals surface area (Å²) < 4.78 is 28.8. The minimum absolute atomic E-state index is 0.0126. The maximum Gasteiger partial charge on any atom is 0.387 e. The lowest BCUT2D eigenvalue weighted by Gasteiger charge is -2.19. The van der Waals surface area contributed by atoms with Gasteiger partial charge in [-0.15, -0.1) is 12.8 Å². The summed E-state index contributed by atoms with van der Waals surface area (Å²) in [5, 5.41) is 15.5. The molecular weight excluding hydrogens is 572 g/mol. The van der Waals surface area contributed by atoms with Crippen LogP contribution in [0.4, 0.5) is 14.7 Å². The monoisotopic (exact) mass is 615 g/mol. The molecule has 240 valence electrons. The highest BCUT2D eigenvalue weighted by Gasteiger charge is 2.33. The third-order valence-electron chi connectivity index (χ3n) is 6.34. The number of allylic oxidation sites excluding steroid dienone is 3. The molecule has 1 aliphatic carbocycles. The standard InChI is InChI=1S/C27H31F2N5O4.C2H6.C2H2.CH4O/c1-14(6-7-16(3)38-26(28)29)12-31-24(36)21-11-22(33-27(30-5)32-21)25(37)34-23-15(2)10-20-17(4)18(13-35)8-9-19(20)23;3*1-2/h6-9,11,13,15,23,26H,10,12H2,1-5H3,(H,31,36)(H,34,37)(H,30,32,33);1-2H3;1-2H;2H,1H3/b14-6+,16-7+;;;. The molecule has 0 saturated heterocycles. The van der Waals surface area contributed by atoms with Crippen molar-refractivity contribution in [2.24, 2.45) is 5.92 Å². The number of carbonyl (C=O) groups is 3. The van der Waals surface area contributed by atoms with Crippen molar-refractivity contribution in [3.8, 4) is 12.8 Å². The van der Waals surface area contributed by atoms with Crippen molar-refractivity contribution in [2.45, 2.75) is 60.6 Å². The zero-order valence-corrected chi connectivity index (χ0v) is 26.5. The second-order valence-corrected chi connectivity index (χ2v) is 9.16. The van der Waals surface area contributed by atoms with E-state index >= 15 is 0 Å². The Labute approximate surface area is 258 Å². The van der Waals surface area contributed by atoms with Crippen LogP contribution >= 0.6 is 0 Å². The number of nitrogens with one attached hydrogen (secondary N) is 3. The molecule has 2 atom stereocenters. The van der Waals surface area contributed by atoms with Crippen LogP contribution in [0.1, 0.15) is 88.7 Å². The number of nitrogens with zero attached hydrogens (tertiary/aromatic N) is 2. The number of amides is 2. The van der Waals surface area contributed by atoms with Crippen molar-refractivity contribution < 1.29 is 33.0 Å². The highest BCUT2D eigenvalue weighted by atomic mass is 19.3. The molecule has 1 aromatic carbocycles. The van der Waals surface area contributed by atoms with E-state index in [9.17, 15) is 23.2 Å². The number of hydrogen-bond acceptors (Lipinski definition) is 8. The van der Waals surface area contributed by atoms with E-state index in [2.05, 4.69) is 43.5 Å². The van der Waals surface area contributed by atoms with Crippen molar-refractivity contribution in [1.82, 2.24) is 20.6 Å². The van der Waals surface area contributed by atoms with Gasteiger partial charge in [-0.1, -0.05) is 44.6 Å². The van der Waals surface area contributed by atoms with Crippen LogP contribution < -0.4 is 16.0 Å². The van der Waals surface area contributed by atoms with E-state index in [-0.39, 0.29) is 41.6 Å². The molecule has 2 amide bonds. The summed E-state index contributed by atoms with van der Waals surface area (Å²) in [5.74, 6) is -0.762. The van der Waals surface area contributed by atoms with Crippen LogP contribution in [0.5, 0.6) is 0 Å². The van der Waals surface area contributed by atoms with Gasteiger partial charge in [-0.05, 0) is 55.9 Å². The van der Waals surface area contributed by atoms with Crippen LogP contribution in [-0.4, -0.2) is 60.5 Å². The van der Waals surface area contributed by atoms with E-state index in [1.165, 1.54) is 19.1 Å². The molecule has 1 aliphatic rings. The third-order valence-corrected chi connectivity index (χ3v) is 6.34. The number of aliphatic hydroxyl groups excluding tert-OH is 1. The quantitative estimate of drug-likeness (QED) is 0.127. The third kappa shape index (κ3) is 11.2. The Morgan fingerprint density at radius 3 is 2.25 bits per heavy atom. The number of hydrogen-bond donors (Lipinski definition) is 4. The molecule has 0 radical (unpaired) electrons. The normalized spacial score (nSPS) is 15.1. The molecule has 0 aliphatic heterocycles. The van der Waals surface area contributed by atoms with Gasteiger partial charge in [-0.2, -0.15) is 8.78 Å². The average Bonchev–Trinajstić information content (AvgIpc) is 3.36. The van der Waals surface area contributed by atoms with Crippen molar-refractivity contribution in [3.05, 3.63) is 75.3 Å². The second kappa shape index (κ2) is 20.3. The molecule has 4 N–H and O–H groups in total. The van der Waals surface area contributed by atoms with Crippen LogP contribution in [0.2, 0.25) is 0 Å². The number of halogens is 2. The first-order chi connectivity index (χ1) is 21.0. The number of terminal acetylenes is 1. The number of rotatable bonds is 10. The molecule has 0 fully saturated rings. The Kier molecular flexibility index (Phi) is 18.2. The predicted octanol–water partition coefficient (Wildman–Crippen LogP) is 5.01. The van der Waals surface area contributed by atoms with Crippen molar-refractivity contribution in [3.63, 3.8) is 0 Å². The highest BCUT2D eigenvalue weighted by Crippen LogP contribution is 2.38. The Hall–Kier alpha value is -4.63. The van der Waals surface area contributed by atoms with E-state index in [1.807, 2.05) is 33.8 Å². The highest BCUT2D eigenvalue weighted by molar-refractivity contribution is 5.98. The number of ether oxygens (including phenoxy) is 1. The molecule has 2 aromatic rings. The molecule has 12 heteroatoms. The number of alkyl halides is 2. The van der Waals surface area contributed by atoms with Gasteiger partial charge in [0, 0.05) is 32.3 Å². The lowest BCUT2D eigenvalue weighted by atomic mass is 9.98. The summed E-state index contributed by atoms with van der Waals surface area (Å²) in [6.45, 7) is 8.25. The van der Waals surface area contributed by atoms with Gasteiger partial charge in [0.1, 0.15) is 17.7 Å². The molecule has 1 heterocycles. The number of aldehydes is 1. The van der Waals surface area contributed by atoms with Gasteiger partial charge in [-0.3, -0.25) is 14.4 Å². The summed E-state index contributed by atoms with van der Waals surface area (Å²) >= 11 is 0. The maximum atomic E-state index is 13.2. The van der Waals surface area contributed by atoms with Gasteiger partial charge in [0.25, 0.3) is 11.8 Å². The smallest absolute Gasteiger partial charge is 0.387 e. The fraction of sp³-hybridized carbons (Fsp3) is 0.406. The summed E-state index contributed by atoms with van der Waals surface area (Å²) in [7, 11) is 2.57. The number of aromatic nitrogens is 2. The van der Waals surface area contributed by atoms with Crippen LogP contribution in [0.3, 0.4) is 0 Å². The molecule has 0 spiro atoms. The van der Waals surface area contributed by atoms with Gasteiger partial charge in [0.15, 0.2) is 0 Å². The number of carbonyl (C=O) groups excluding carboxylic acids is 3. The topological polar surface area (TPSA) is 143 Å². The summed E-state index contributed by atoms with van der Waals surface area (Å²) in [6.07, 6.45) is 12.5. The Morgan fingerprint density at radius 2 is 1.70 bits per heavy atom. The summed E-state index contributed by atoms with van der Waals surface area (Å²) in [5.41, 5.74) is 4.24. The Balaban J connectivity index is 0.00000290. The fourth-order valence-electron chi connectivity index (χ4n) is 4.27. The van der Waals surface area contributed by atoms with Crippen LogP contribution in [0.15, 0.2) is 41.7 Å². The average molecular weight is 616 g/mol. The molecule has 0 bridgehead atoms. The fourth-order valence-corrected chi connectivity index (χ4v) is 4.27. The lowest BCUT2D eigenvalue weighted by molar-refractivity contribution is -0.0953. The second-order valence-electron chi connectivity index (χ2n) is 9.16. The van der Waals surface area contributed by atoms with Crippen LogP contribution in [0.25, 0.3) is 0 Å². The lowest BCUT2D eigenvalue weighted by Crippen LogP contribution is -2.32. The summed E-state index contributed by atoms with van der Waals surface area (Å²) in [6, 6.07) is 4.65. The van der Waals surface area contributed by atoms with E-state index in [0.29, 0.717) is 11.1 Å². The van der Waals surface area contributed by atoms with Crippen molar-refractivity contribution in [1.29, 1.82) is 0 Å². The maximum absolute atomic E-state index is 13.2. The Bertz CT molecular complexity index is 1340. The number of anilines is 1. The van der Waals surface area contributed by atoms with Gasteiger partial charge < -0.3 is 25.8 Å². The van der Waals surface area contributed by atoms with E-state index < -0.39 is 18.4 Å². The predicted molar refractivity (Wildman–Crippen MR) is 168 cm³/mol. The SMILES string of the molecule is C#C.CC.CNc1nc(C(=O)NC/C(C)=C/C=C(\C)OC(F)F)cc(C(=O)NC2c3ccc(C=O)c(C)c3CC2C)n1.CO. The minimum Gasteiger partial charge on any atom is -0.440 e. The Morgan fingerprint density at radius 1 is 1.11 bits per heavy atom. The zero-order chi connectivity index (χ0) is 34.0. The van der Waals surface area contributed by atoms with Gasteiger partial charge in [0.05, 0.1) is 11.8 Å². The molecule has 0 saturated carbocycles. The minimum atomic E-state index is -2.91. The van der Waals surface area contributed by atoms with Crippen molar-refractivity contribution in [2.75, 3.05) is 26.0 Å². The largest absolute Gasteiger partial charge is 0.440 e. The van der Waals surface area contributed by atoms with Crippen LogP contribution in [0, 0.1) is 25.7 Å². The molecular formula is C32H43F2N5O5. The van der Waals surface area contributed by atoms with E-state index in [1.54, 1.807) is 26.1 Å². The van der Waals surface area contributed by atoms with Crippen LogP contribution in [-0.2, 0) is 11.2 Å². The zero-order valence-electron chi connectivity index (χ0n) is 26.5. The molecule has 44 heavy (non-hydrogen) atoms. The van der Waals surface area contributed by atoms with Gasteiger partial charge in [-0.25, -0.2) is 9.97 Å². The molecule has 1 aromatic heterocycles. The number of aliphatic hydroxyl groups is 1. The first-order valence-corrected chi connectivity index (χ1v) is 13.8. The first kappa shape index (κ1) is 39.4. The molecule has 10 nitrogen and oxygen atoms in total. The van der Waals surface area contributed by atoms with E-state index in [0.717, 1.165) is 36.5 Å².